The highest BCUT2D eigenvalue weighted by atomic mass is 35.5. The van der Waals surface area contributed by atoms with Crippen LogP contribution in [0.3, 0.4) is 0 Å². The summed E-state index contributed by atoms with van der Waals surface area (Å²) in [6.45, 7) is 0.543. The van der Waals surface area contributed by atoms with Crippen LogP contribution >= 0.6 is 11.6 Å². The predicted molar refractivity (Wildman–Crippen MR) is 63.4 cm³/mol. The maximum Gasteiger partial charge on any atom is 0.341 e. The second-order valence-corrected chi connectivity index (χ2v) is 3.77. The number of benzene rings is 1. The number of aliphatic carboxylic acids is 1. The average Bonchev–Trinajstić information content (AvgIpc) is 2.28. The lowest BCUT2D eigenvalue weighted by Crippen LogP contribution is -2.18. The van der Waals surface area contributed by atoms with Gasteiger partial charge in [-0.15, -0.1) is 0 Å². The van der Waals surface area contributed by atoms with Crippen LogP contribution in [0, 0.1) is 0 Å². The molecule has 0 aliphatic carbocycles. The van der Waals surface area contributed by atoms with Crippen molar-refractivity contribution in [2.24, 2.45) is 0 Å². The normalized spacial score (nSPS) is 10.2. The van der Waals surface area contributed by atoms with Gasteiger partial charge in [-0.3, -0.25) is 0 Å². The lowest BCUT2D eigenvalue weighted by atomic mass is 10.2. The first-order chi connectivity index (χ1) is 8.13. The van der Waals surface area contributed by atoms with E-state index in [0.717, 1.165) is 5.56 Å². The summed E-state index contributed by atoms with van der Waals surface area (Å²) in [4.78, 5) is 10.4. The Bertz CT molecular complexity index is 384. The fraction of sp³-hybridized carbons (Fsp3) is 0.364. The summed E-state index contributed by atoms with van der Waals surface area (Å²) in [5.74, 6) is -0.559. The van der Waals surface area contributed by atoms with Gasteiger partial charge < -0.3 is 20.3 Å². The van der Waals surface area contributed by atoms with Crippen LogP contribution in [0.2, 0.25) is 5.02 Å². The largest absolute Gasteiger partial charge is 0.482 e. The number of ether oxygens (including phenoxy) is 1. The first kappa shape index (κ1) is 13.8. The molecule has 17 heavy (non-hydrogen) atoms. The van der Waals surface area contributed by atoms with Crippen LogP contribution in [-0.4, -0.2) is 35.9 Å². The molecule has 0 saturated carbocycles. The number of halogens is 1. The molecule has 0 bridgehead atoms. The van der Waals surface area contributed by atoms with Crippen LogP contribution < -0.4 is 10.1 Å². The van der Waals surface area contributed by atoms with Gasteiger partial charge in [0.15, 0.2) is 6.61 Å². The van der Waals surface area contributed by atoms with E-state index in [4.69, 9.17) is 26.6 Å². The minimum atomic E-state index is -1.03. The van der Waals surface area contributed by atoms with Gasteiger partial charge in [0, 0.05) is 23.7 Å². The van der Waals surface area contributed by atoms with Crippen molar-refractivity contribution >= 4 is 17.6 Å². The Morgan fingerprint density at radius 1 is 1.47 bits per heavy atom. The summed E-state index contributed by atoms with van der Waals surface area (Å²) in [5.41, 5.74) is 0.757. The van der Waals surface area contributed by atoms with Crippen molar-refractivity contribution in [2.75, 3.05) is 19.8 Å². The molecule has 0 radical (unpaired) electrons. The summed E-state index contributed by atoms with van der Waals surface area (Å²) >= 11 is 5.84. The number of carboxylic acid groups (broad SMARTS) is 1. The van der Waals surface area contributed by atoms with Crippen LogP contribution in [0.15, 0.2) is 18.2 Å². The van der Waals surface area contributed by atoms with Crippen molar-refractivity contribution in [3.63, 3.8) is 0 Å². The molecule has 0 saturated heterocycles. The Morgan fingerprint density at radius 2 is 2.24 bits per heavy atom. The molecule has 0 spiro atoms. The Labute approximate surface area is 104 Å². The number of carbonyl (C=O) groups is 1. The molecular formula is C11H14ClNO4. The first-order valence-corrected chi connectivity index (χ1v) is 5.46. The van der Waals surface area contributed by atoms with E-state index in [1.165, 1.54) is 0 Å². The van der Waals surface area contributed by atoms with Crippen LogP contribution in [0.4, 0.5) is 0 Å². The van der Waals surface area contributed by atoms with E-state index in [1.807, 2.05) is 0 Å². The topological polar surface area (TPSA) is 78.8 Å². The van der Waals surface area contributed by atoms with E-state index in [1.54, 1.807) is 18.2 Å². The molecule has 1 aromatic rings. The van der Waals surface area contributed by atoms with E-state index in [2.05, 4.69) is 5.32 Å². The van der Waals surface area contributed by atoms with Gasteiger partial charge in [0.2, 0.25) is 0 Å². The number of carboxylic acids is 1. The molecule has 0 atom stereocenters. The van der Waals surface area contributed by atoms with E-state index < -0.39 is 12.6 Å². The molecule has 1 aromatic carbocycles. The van der Waals surface area contributed by atoms with Gasteiger partial charge in [-0.2, -0.15) is 0 Å². The number of nitrogens with one attached hydrogen (secondary N) is 1. The minimum absolute atomic E-state index is 0.0336. The van der Waals surface area contributed by atoms with Crippen molar-refractivity contribution in [1.82, 2.24) is 5.32 Å². The molecule has 0 aliphatic rings. The molecule has 6 heteroatoms. The monoisotopic (exact) mass is 259 g/mol. The third-order valence-electron chi connectivity index (χ3n) is 1.98. The fourth-order valence-corrected chi connectivity index (χ4v) is 1.46. The molecule has 5 nitrogen and oxygen atoms in total. The van der Waals surface area contributed by atoms with Crippen molar-refractivity contribution in [3.8, 4) is 5.75 Å². The Kier molecular flexibility index (Phi) is 5.76. The summed E-state index contributed by atoms with van der Waals surface area (Å²) in [5, 5.41) is 20.7. The van der Waals surface area contributed by atoms with Gasteiger partial charge in [-0.05, 0) is 18.2 Å². The molecule has 0 amide bonds. The minimum Gasteiger partial charge on any atom is -0.482 e. The van der Waals surface area contributed by atoms with Gasteiger partial charge in [-0.1, -0.05) is 11.6 Å². The van der Waals surface area contributed by atoms with Crippen LogP contribution in [-0.2, 0) is 11.3 Å². The zero-order valence-corrected chi connectivity index (χ0v) is 9.91. The molecule has 1 rings (SSSR count). The van der Waals surface area contributed by atoms with Gasteiger partial charge in [-0.25, -0.2) is 4.79 Å². The fourth-order valence-electron chi connectivity index (χ4n) is 1.27. The number of aliphatic hydroxyl groups is 1. The lowest BCUT2D eigenvalue weighted by Gasteiger charge is -2.11. The van der Waals surface area contributed by atoms with Gasteiger partial charge in [0.25, 0.3) is 0 Å². The Balaban J connectivity index is 2.69. The molecular weight excluding hydrogens is 246 g/mol. The predicted octanol–water partition coefficient (Wildman–Crippen LogP) is 0.885. The molecule has 0 aromatic heterocycles. The van der Waals surface area contributed by atoms with Crippen molar-refractivity contribution in [1.29, 1.82) is 0 Å². The lowest BCUT2D eigenvalue weighted by molar-refractivity contribution is -0.139. The quantitative estimate of drug-likeness (QED) is 0.634. The van der Waals surface area contributed by atoms with Gasteiger partial charge in [0.05, 0.1) is 6.61 Å². The van der Waals surface area contributed by atoms with Crippen LogP contribution in [0.1, 0.15) is 5.56 Å². The smallest absolute Gasteiger partial charge is 0.341 e. The van der Waals surface area contributed by atoms with Crippen molar-refractivity contribution in [2.45, 2.75) is 6.54 Å². The third-order valence-corrected chi connectivity index (χ3v) is 2.21. The SMILES string of the molecule is O=C(O)COc1ccc(Cl)cc1CNCCO. The number of aliphatic hydroxyl groups excluding tert-OH is 1. The molecule has 0 fully saturated rings. The molecule has 94 valence electrons. The number of hydrogen-bond acceptors (Lipinski definition) is 4. The van der Waals surface area contributed by atoms with Crippen molar-refractivity contribution < 1.29 is 19.7 Å². The third kappa shape index (κ3) is 5.04. The number of rotatable bonds is 7. The summed E-state index contributed by atoms with van der Waals surface area (Å²) < 4.78 is 5.12. The maximum atomic E-state index is 10.4. The highest BCUT2D eigenvalue weighted by Crippen LogP contribution is 2.22. The highest BCUT2D eigenvalue weighted by Gasteiger charge is 2.06. The van der Waals surface area contributed by atoms with E-state index in [9.17, 15) is 4.79 Å². The van der Waals surface area contributed by atoms with E-state index in [-0.39, 0.29) is 6.61 Å². The standard InChI is InChI=1S/C11H14ClNO4/c12-9-1-2-10(17-7-11(15)16)8(5-9)6-13-3-4-14/h1-2,5,13-14H,3-4,6-7H2,(H,15,16). The Morgan fingerprint density at radius 3 is 2.88 bits per heavy atom. The number of hydrogen-bond donors (Lipinski definition) is 3. The Hall–Kier alpha value is -1.30. The zero-order valence-electron chi connectivity index (χ0n) is 9.15. The van der Waals surface area contributed by atoms with Gasteiger partial charge >= 0.3 is 5.97 Å². The van der Waals surface area contributed by atoms with E-state index >= 15 is 0 Å². The second kappa shape index (κ2) is 7.11. The molecule has 0 heterocycles. The maximum absolute atomic E-state index is 10.4. The summed E-state index contributed by atoms with van der Waals surface area (Å²) in [6.07, 6.45) is 0. The van der Waals surface area contributed by atoms with E-state index in [0.29, 0.717) is 23.9 Å². The van der Waals surface area contributed by atoms with Crippen molar-refractivity contribution in [3.05, 3.63) is 28.8 Å². The summed E-state index contributed by atoms with van der Waals surface area (Å²) in [7, 11) is 0. The highest BCUT2D eigenvalue weighted by molar-refractivity contribution is 6.30. The van der Waals surface area contributed by atoms with Gasteiger partial charge in [0.1, 0.15) is 5.75 Å². The average molecular weight is 260 g/mol. The molecule has 3 N–H and O–H groups in total. The summed E-state index contributed by atoms with van der Waals surface area (Å²) in [6, 6.07) is 4.96. The van der Waals surface area contributed by atoms with Crippen LogP contribution in [0.5, 0.6) is 5.75 Å². The molecule has 0 unspecified atom stereocenters. The molecule has 0 aliphatic heterocycles. The van der Waals surface area contributed by atoms with Crippen LogP contribution in [0.25, 0.3) is 0 Å². The second-order valence-electron chi connectivity index (χ2n) is 3.33. The first-order valence-electron chi connectivity index (χ1n) is 5.08. The zero-order chi connectivity index (χ0) is 12.7.